The molecule has 3 nitrogen and oxygen atoms in total. The van der Waals surface area contributed by atoms with E-state index in [2.05, 4.69) is 13.0 Å². The largest absolute Gasteiger partial charge is 0.421 e. The summed E-state index contributed by atoms with van der Waals surface area (Å²) in [5.74, 6) is -0.209. The minimum absolute atomic E-state index is 0. The van der Waals surface area contributed by atoms with E-state index in [0.717, 1.165) is 12.8 Å². The van der Waals surface area contributed by atoms with Crippen molar-refractivity contribution in [2.24, 2.45) is 0 Å². The van der Waals surface area contributed by atoms with Crippen molar-refractivity contribution in [3.05, 3.63) is 91.7 Å². The molecule has 0 amide bonds. The van der Waals surface area contributed by atoms with E-state index in [1.165, 1.54) is 24.3 Å². The average molecular weight is 449 g/mol. The van der Waals surface area contributed by atoms with Gasteiger partial charge in [0.2, 0.25) is 0 Å². The van der Waals surface area contributed by atoms with Crippen molar-refractivity contribution in [2.45, 2.75) is 44.5 Å². The van der Waals surface area contributed by atoms with Crippen LogP contribution in [0.2, 0.25) is 0 Å². The summed E-state index contributed by atoms with van der Waals surface area (Å²) in [5.41, 5.74) is 0. The molecule has 1 radical (unpaired) electrons. The van der Waals surface area contributed by atoms with E-state index in [9.17, 15) is 14.6 Å². The van der Waals surface area contributed by atoms with Crippen molar-refractivity contribution < 1.29 is 52.4 Å². The fourth-order valence-electron chi connectivity index (χ4n) is 1.71. The van der Waals surface area contributed by atoms with Crippen LogP contribution in [-0.2, 0) is 32.7 Å². The zero-order chi connectivity index (χ0) is 19.6. The molecule has 0 heterocycles. The first kappa shape index (κ1) is 28.3. The Morgan fingerprint density at radius 3 is 1.96 bits per heavy atom. The van der Waals surface area contributed by atoms with Gasteiger partial charge in [-0.1, -0.05) is 74.5 Å². The smallest absolute Gasteiger partial charge is 0.0982 e. The molecule has 0 saturated heterocycles. The second kappa shape index (κ2) is 19.8. The van der Waals surface area contributed by atoms with Crippen LogP contribution < -0.4 is 0 Å². The second-order valence-corrected chi connectivity index (χ2v) is 5.53. The monoisotopic (exact) mass is 449 g/mol. The van der Waals surface area contributed by atoms with E-state index >= 15 is 0 Å². The first-order valence-electron chi connectivity index (χ1n) is 8.64. The summed E-state index contributed by atoms with van der Waals surface area (Å²) in [6.45, 7) is 5.44. The maximum absolute atomic E-state index is 11.9. The molecule has 0 aliphatic carbocycles. The van der Waals surface area contributed by atoms with Gasteiger partial charge in [0.1, 0.15) is 0 Å². The van der Waals surface area contributed by atoms with Gasteiger partial charge in [0.15, 0.2) is 0 Å². The SMILES string of the molecule is Fc1cc[c-]cc1.[CH2-][C@H](O)/C=C/C=C\C=C\C=C\[C@@H](O)[C@@H](O)CCCC.[Y]. The van der Waals surface area contributed by atoms with Crippen LogP contribution in [0.15, 0.2) is 72.9 Å². The Labute approximate surface area is 187 Å². The minimum atomic E-state index is -0.818. The molecule has 0 fully saturated rings. The Morgan fingerprint density at radius 1 is 1.00 bits per heavy atom. The summed E-state index contributed by atoms with van der Waals surface area (Å²) in [4.78, 5) is 0. The molecule has 0 unspecified atom stereocenters. The first-order valence-corrected chi connectivity index (χ1v) is 8.64. The standard InChI is InChI=1S/C16H25O3.C6H4F.Y/c1-3-4-12-15(18)16(19)13-10-8-6-5-7-9-11-14(2)17;7-6-4-2-1-3-5-6;/h5-11,13-19H,2-4,12H2,1H3;2-5H;/q2*-1;/b7-5-,8-6+,11-9+,13-10+;;/t14-,15-,16+;;/m0../s1. The molecule has 147 valence electrons. The van der Waals surface area contributed by atoms with E-state index in [0.29, 0.717) is 6.42 Å². The number of aliphatic hydroxyl groups is 3. The summed E-state index contributed by atoms with van der Waals surface area (Å²) in [7, 11) is 0. The molecule has 0 aliphatic heterocycles. The molecule has 3 N–H and O–H groups in total. The third-order valence-electron chi connectivity index (χ3n) is 3.12. The number of halogens is 1. The maximum Gasteiger partial charge on any atom is 0.0982 e. The van der Waals surface area contributed by atoms with E-state index in [4.69, 9.17) is 5.11 Å². The van der Waals surface area contributed by atoms with Gasteiger partial charge >= 0.3 is 0 Å². The molecule has 1 aromatic rings. The Morgan fingerprint density at radius 2 is 1.52 bits per heavy atom. The van der Waals surface area contributed by atoms with Crippen LogP contribution in [0.3, 0.4) is 0 Å². The van der Waals surface area contributed by atoms with Gasteiger partial charge < -0.3 is 22.2 Å². The minimum Gasteiger partial charge on any atom is -0.421 e. The van der Waals surface area contributed by atoms with Gasteiger partial charge in [-0.25, -0.2) is 4.39 Å². The van der Waals surface area contributed by atoms with Crippen LogP contribution in [0.5, 0.6) is 0 Å². The molecule has 27 heavy (non-hydrogen) atoms. The van der Waals surface area contributed by atoms with Crippen LogP contribution in [0.25, 0.3) is 0 Å². The van der Waals surface area contributed by atoms with Crippen molar-refractivity contribution in [2.75, 3.05) is 0 Å². The molecule has 0 saturated carbocycles. The van der Waals surface area contributed by atoms with Gasteiger partial charge in [0.05, 0.1) is 12.2 Å². The molecule has 1 rings (SSSR count). The number of benzene rings is 1. The van der Waals surface area contributed by atoms with Gasteiger partial charge in [-0.15, -0.1) is 12.1 Å². The van der Waals surface area contributed by atoms with Crippen molar-refractivity contribution in [3.8, 4) is 0 Å². The molecule has 1 aromatic carbocycles. The molecular formula is C22H29FO3Y-2. The van der Waals surface area contributed by atoms with Gasteiger partial charge in [0.25, 0.3) is 0 Å². The van der Waals surface area contributed by atoms with Crippen LogP contribution in [0.4, 0.5) is 4.39 Å². The second-order valence-electron chi connectivity index (χ2n) is 5.53. The number of hydrogen-bond acceptors (Lipinski definition) is 3. The van der Waals surface area contributed by atoms with Gasteiger partial charge in [-0.2, -0.15) is 18.2 Å². The van der Waals surface area contributed by atoms with Crippen LogP contribution in [-0.4, -0.2) is 33.6 Å². The Hall–Kier alpha value is -0.906. The molecule has 0 aromatic heterocycles. The first-order chi connectivity index (χ1) is 12.5. The van der Waals surface area contributed by atoms with Crippen LogP contribution in [0.1, 0.15) is 26.2 Å². The van der Waals surface area contributed by atoms with Crippen LogP contribution in [0, 0.1) is 18.8 Å². The molecule has 0 bridgehead atoms. The average Bonchev–Trinajstić information content (AvgIpc) is 2.62. The van der Waals surface area contributed by atoms with Gasteiger partial charge in [-0.3, -0.25) is 0 Å². The van der Waals surface area contributed by atoms with E-state index in [-0.39, 0.29) is 38.5 Å². The predicted molar refractivity (Wildman–Crippen MR) is 105 cm³/mol. The zero-order valence-electron chi connectivity index (χ0n) is 15.8. The zero-order valence-corrected chi connectivity index (χ0v) is 18.6. The number of rotatable bonds is 9. The molecule has 0 spiro atoms. The van der Waals surface area contributed by atoms with E-state index in [1.54, 1.807) is 48.6 Å². The predicted octanol–water partition coefficient (Wildman–Crippen LogP) is 3.94. The van der Waals surface area contributed by atoms with Crippen LogP contribution >= 0.6 is 0 Å². The summed E-state index contributed by atoms with van der Waals surface area (Å²) in [6, 6.07) is 8.49. The molecule has 5 heteroatoms. The number of hydrogen-bond donors (Lipinski definition) is 3. The van der Waals surface area contributed by atoms with Gasteiger partial charge in [0, 0.05) is 38.5 Å². The maximum atomic E-state index is 11.9. The summed E-state index contributed by atoms with van der Waals surface area (Å²) < 4.78 is 11.9. The summed E-state index contributed by atoms with van der Waals surface area (Å²) in [5, 5.41) is 28.1. The molecule has 0 aliphatic rings. The van der Waals surface area contributed by atoms with Crippen molar-refractivity contribution in [3.63, 3.8) is 0 Å². The number of allylic oxidation sites excluding steroid dienone is 6. The van der Waals surface area contributed by atoms with E-state index < -0.39 is 18.3 Å². The molecule has 3 atom stereocenters. The topological polar surface area (TPSA) is 60.7 Å². The third kappa shape index (κ3) is 19.7. The Balaban J connectivity index is 0. The number of aliphatic hydroxyl groups excluding tert-OH is 3. The summed E-state index contributed by atoms with van der Waals surface area (Å²) in [6.07, 6.45) is 14.0. The van der Waals surface area contributed by atoms with Crippen molar-refractivity contribution in [1.29, 1.82) is 0 Å². The number of unbranched alkanes of at least 4 members (excludes halogenated alkanes) is 1. The van der Waals surface area contributed by atoms with E-state index in [1.807, 2.05) is 6.92 Å². The normalized spacial score (nSPS) is 14.9. The fourth-order valence-corrected chi connectivity index (χ4v) is 1.71. The van der Waals surface area contributed by atoms with Gasteiger partial charge in [-0.05, 0) is 6.42 Å². The van der Waals surface area contributed by atoms with Crippen molar-refractivity contribution in [1.82, 2.24) is 0 Å². The molecular weight excluding hydrogens is 420 g/mol. The third-order valence-corrected chi connectivity index (χ3v) is 3.12. The Bertz CT molecular complexity index is 554. The Kier molecular flexibility index (Phi) is 20.8. The fraction of sp³-hybridized carbons (Fsp3) is 0.318. The quantitative estimate of drug-likeness (QED) is 0.396. The summed E-state index contributed by atoms with van der Waals surface area (Å²) >= 11 is 0. The van der Waals surface area contributed by atoms with Crippen molar-refractivity contribution >= 4 is 0 Å².